The van der Waals surface area contributed by atoms with Crippen molar-refractivity contribution in [2.45, 2.75) is 26.5 Å². The van der Waals surface area contributed by atoms with Crippen LogP contribution in [0.4, 0.5) is 0 Å². The van der Waals surface area contributed by atoms with Crippen LogP contribution in [-0.4, -0.2) is 23.5 Å². The smallest absolute Gasteiger partial charge is 0.263 e. The van der Waals surface area contributed by atoms with E-state index in [9.17, 15) is 4.79 Å². The average molecular weight is 205 g/mol. The highest BCUT2D eigenvalue weighted by atomic mass is 16.5. The fraction of sp³-hybridized carbons (Fsp3) is 0.417. The molecule has 1 aliphatic rings. The van der Waals surface area contributed by atoms with Gasteiger partial charge in [0.25, 0.3) is 5.91 Å². The first-order chi connectivity index (χ1) is 7.22. The Morgan fingerprint density at radius 2 is 2.20 bits per heavy atom. The summed E-state index contributed by atoms with van der Waals surface area (Å²) in [6, 6.07) is 7.82. The summed E-state index contributed by atoms with van der Waals surface area (Å²) < 4.78 is 5.61. The van der Waals surface area contributed by atoms with Gasteiger partial charge in [-0.25, -0.2) is 0 Å². The molecule has 0 fully saturated rings. The molecule has 0 aliphatic carbocycles. The zero-order chi connectivity index (χ0) is 10.8. The number of amides is 1. The number of rotatable bonds is 1. The summed E-state index contributed by atoms with van der Waals surface area (Å²) in [6.45, 7) is 5.16. The second-order valence-electron chi connectivity index (χ2n) is 3.72. The van der Waals surface area contributed by atoms with Crippen molar-refractivity contribution >= 4 is 5.91 Å². The zero-order valence-electron chi connectivity index (χ0n) is 9.06. The van der Waals surface area contributed by atoms with E-state index < -0.39 is 0 Å². The lowest BCUT2D eigenvalue weighted by Crippen LogP contribution is -2.37. The van der Waals surface area contributed by atoms with Crippen molar-refractivity contribution in [3.8, 4) is 5.75 Å². The summed E-state index contributed by atoms with van der Waals surface area (Å²) >= 11 is 0. The van der Waals surface area contributed by atoms with Gasteiger partial charge in [-0.1, -0.05) is 18.2 Å². The molecule has 0 spiro atoms. The fourth-order valence-electron chi connectivity index (χ4n) is 1.80. The van der Waals surface area contributed by atoms with Crippen molar-refractivity contribution in [1.82, 2.24) is 4.90 Å². The van der Waals surface area contributed by atoms with E-state index in [1.165, 1.54) is 0 Å². The first-order valence-corrected chi connectivity index (χ1v) is 5.25. The van der Waals surface area contributed by atoms with Crippen molar-refractivity contribution in [2.75, 3.05) is 6.54 Å². The van der Waals surface area contributed by atoms with Gasteiger partial charge >= 0.3 is 0 Å². The molecule has 1 amide bonds. The molecule has 0 unspecified atom stereocenters. The molecule has 1 aliphatic heterocycles. The van der Waals surface area contributed by atoms with Crippen LogP contribution in [0.1, 0.15) is 19.4 Å². The van der Waals surface area contributed by atoms with Crippen LogP contribution in [-0.2, 0) is 11.3 Å². The first-order valence-electron chi connectivity index (χ1n) is 5.25. The van der Waals surface area contributed by atoms with Gasteiger partial charge in [-0.15, -0.1) is 0 Å². The van der Waals surface area contributed by atoms with Crippen LogP contribution in [0.25, 0.3) is 0 Å². The number of hydrogen-bond acceptors (Lipinski definition) is 2. The molecular formula is C12H15NO2. The highest BCUT2D eigenvalue weighted by molar-refractivity contribution is 5.81. The van der Waals surface area contributed by atoms with Gasteiger partial charge in [0.2, 0.25) is 0 Å². The third-order valence-corrected chi connectivity index (χ3v) is 2.68. The second-order valence-corrected chi connectivity index (χ2v) is 3.72. The maximum Gasteiger partial charge on any atom is 0.263 e. The lowest BCUT2D eigenvalue weighted by molar-refractivity contribution is -0.137. The minimum absolute atomic E-state index is 0.0636. The van der Waals surface area contributed by atoms with E-state index in [1.54, 1.807) is 6.92 Å². The van der Waals surface area contributed by atoms with Gasteiger partial charge in [0.05, 0.1) is 0 Å². The van der Waals surface area contributed by atoms with Crippen LogP contribution in [0.3, 0.4) is 0 Å². The minimum Gasteiger partial charge on any atom is -0.481 e. The number of hydrogen-bond donors (Lipinski definition) is 0. The maximum absolute atomic E-state index is 11.8. The van der Waals surface area contributed by atoms with Gasteiger partial charge in [-0.3, -0.25) is 4.79 Å². The van der Waals surface area contributed by atoms with Gasteiger partial charge < -0.3 is 9.64 Å². The monoisotopic (exact) mass is 205 g/mol. The SMILES string of the molecule is CCN1Cc2ccccc2O[C@@H](C)C1=O. The maximum atomic E-state index is 11.8. The van der Waals surface area contributed by atoms with Crippen LogP contribution >= 0.6 is 0 Å². The Kier molecular flexibility index (Phi) is 2.62. The zero-order valence-corrected chi connectivity index (χ0v) is 9.06. The van der Waals surface area contributed by atoms with E-state index in [4.69, 9.17) is 4.74 Å². The quantitative estimate of drug-likeness (QED) is 0.700. The van der Waals surface area contributed by atoms with E-state index in [0.29, 0.717) is 6.54 Å². The van der Waals surface area contributed by atoms with E-state index in [1.807, 2.05) is 36.1 Å². The topological polar surface area (TPSA) is 29.5 Å². The molecule has 0 saturated carbocycles. The number of nitrogens with zero attached hydrogens (tertiary/aromatic N) is 1. The van der Waals surface area contributed by atoms with Crippen molar-refractivity contribution in [2.24, 2.45) is 0 Å². The molecule has 0 radical (unpaired) electrons. The molecule has 0 bridgehead atoms. The highest BCUT2D eigenvalue weighted by Gasteiger charge is 2.26. The van der Waals surface area contributed by atoms with Crippen LogP contribution < -0.4 is 4.74 Å². The molecule has 3 heteroatoms. The molecular weight excluding hydrogens is 190 g/mol. The second kappa shape index (κ2) is 3.93. The number of carbonyl (C=O) groups excluding carboxylic acids is 1. The Labute approximate surface area is 89.7 Å². The number of fused-ring (bicyclic) bond motifs is 1. The number of benzene rings is 1. The molecule has 0 N–H and O–H groups in total. The highest BCUT2D eigenvalue weighted by Crippen LogP contribution is 2.24. The first kappa shape index (κ1) is 10.0. The largest absolute Gasteiger partial charge is 0.481 e. The summed E-state index contributed by atoms with van der Waals surface area (Å²) in [6.07, 6.45) is -0.381. The molecule has 3 nitrogen and oxygen atoms in total. The number of para-hydroxylation sites is 1. The average Bonchev–Trinajstić information content (AvgIpc) is 2.37. The Bertz CT molecular complexity index is 376. The third kappa shape index (κ3) is 1.82. The lowest BCUT2D eigenvalue weighted by atomic mass is 10.2. The van der Waals surface area contributed by atoms with Crippen molar-refractivity contribution in [1.29, 1.82) is 0 Å². The normalized spacial score (nSPS) is 20.5. The van der Waals surface area contributed by atoms with Gasteiger partial charge in [0, 0.05) is 18.7 Å². The summed E-state index contributed by atoms with van der Waals surface area (Å²) in [4.78, 5) is 13.7. The predicted octanol–water partition coefficient (Wildman–Crippen LogP) is 1.82. The standard InChI is InChI=1S/C12H15NO2/c1-3-13-8-10-6-4-5-7-11(10)15-9(2)12(13)14/h4-7,9H,3,8H2,1-2H3/t9-/m0/s1. The van der Waals surface area contributed by atoms with Crippen LogP contribution in [0, 0.1) is 0 Å². The number of carbonyl (C=O) groups is 1. The molecule has 1 atom stereocenters. The van der Waals surface area contributed by atoms with Gasteiger partial charge in [-0.05, 0) is 19.9 Å². The van der Waals surface area contributed by atoms with E-state index >= 15 is 0 Å². The number of likely N-dealkylation sites (N-methyl/N-ethyl adjacent to an activating group) is 1. The Morgan fingerprint density at radius 1 is 1.47 bits per heavy atom. The van der Waals surface area contributed by atoms with Crippen LogP contribution in [0.5, 0.6) is 5.75 Å². The van der Waals surface area contributed by atoms with E-state index in [2.05, 4.69) is 0 Å². The molecule has 2 rings (SSSR count). The van der Waals surface area contributed by atoms with Crippen molar-refractivity contribution in [3.05, 3.63) is 29.8 Å². The predicted molar refractivity (Wildman–Crippen MR) is 57.6 cm³/mol. The van der Waals surface area contributed by atoms with Crippen LogP contribution in [0.15, 0.2) is 24.3 Å². The summed E-state index contributed by atoms with van der Waals surface area (Å²) in [5.41, 5.74) is 1.08. The summed E-state index contributed by atoms with van der Waals surface area (Å²) in [5, 5.41) is 0. The molecule has 80 valence electrons. The van der Waals surface area contributed by atoms with Crippen LogP contribution in [0.2, 0.25) is 0 Å². The van der Waals surface area contributed by atoms with Gasteiger partial charge in [-0.2, -0.15) is 0 Å². The molecule has 15 heavy (non-hydrogen) atoms. The molecule has 1 aromatic rings. The molecule has 0 aromatic heterocycles. The Balaban J connectivity index is 2.37. The van der Waals surface area contributed by atoms with E-state index in [0.717, 1.165) is 17.9 Å². The third-order valence-electron chi connectivity index (χ3n) is 2.68. The summed E-state index contributed by atoms with van der Waals surface area (Å²) in [7, 11) is 0. The van der Waals surface area contributed by atoms with Crippen molar-refractivity contribution in [3.63, 3.8) is 0 Å². The Hall–Kier alpha value is -1.51. The number of ether oxygens (including phenoxy) is 1. The van der Waals surface area contributed by atoms with E-state index in [-0.39, 0.29) is 12.0 Å². The molecule has 0 saturated heterocycles. The molecule has 1 aromatic carbocycles. The van der Waals surface area contributed by atoms with Crippen molar-refractivity contribution < 1.29 is 9.53 Å². The molecule has 1 heterocycles. The summed E-state index contributed by atoms with van der Waals surface area (Å²) in [5.74, 6) is 0.892. The fourth-order valence-corrected chi connectivity index (χ4v) is 1.80. The Morgan fingerprint density at radius 3 is 2.93 bits per heavy atom. The lowest BCUT2D eigenvalue weighted by Gasteiger charge is -2.19. The van der Waals surface area contributed by atoms with Gasteiger partial charge in [0.1, 0.15) is 5.75 Å². The van der Waals surface area contributed by atoms with Gasteiger partial charge in [0.15, 0.2) is 6.10 Å². The minimum atomic E-state index is -0.381.